The van der Waals surface area contributed by atoms with E-state index in [1.165, 1.54) is 0 Å². The Bertz CT molecular complexity index is 315. The van der Waals surface area contributed by atoms with Crippen LogP contribution in [0.4, 0.5) is 0 Å². The van der Waals surface area contributed by atoms with Gasteiger partial charge in [0, 0.05) is 17.5 Å². The predicted octanol–water partition coefficient (Wildman–Crippen LogP) is 1.96. The van der Waals surface area contributed by atoms with Crippen LogP contribution in [0.2, 0.25) is 0 Å². The molecular weight excluding hydrogens is 208 g/mol. The van der Waals surface area contributed by atoms with Crippen molar-refractivity contribution in [1.82, 2.24) is 4.98 Å². The Balaban J connectivity index is 2.73. The van der Waals surface area contributed by atoms with Crippen molar-refractivity contribution in [2.24, 2.45) is 5.73 Å². The molecule has 4 heteroatoms. The van der Waals surface area contributed by atoms with Crippen LogP contribution in [-0.2, 0) is 0 Å². The summed E-state index contributed by atoms with van der Waals surface area (Å²) in [4.78, 5) is 4.24. The zero-order valence-electron chi connectivity index (χ0n) is 9.34. The number of hydrogen-bond acceptors (Lipinski definition) is 4. The number of hydrogen-bond donors (Lipinski definition) is 2. The third kappa shape index (κ3) is 3.81. The minimum Gasteiger partial charge on any atom is -0.392 e. The van der Waals surface area contributed by atoms with Crippen molar-refractivity contribution in [2.45, 2.75) is 43.2 Å². The van der Waals surface area contributed by atoms with E-state index < -0.39 is 0 Å². The fourth-order valence-electron chi connectivity index (χ4n) is 1.06. The SMILES string of the molecule is CC(O)C(C)Sc1cc([C@H](C)N)ccn1. The van der Waals surface area contributed by atoms with Crippen LogP contribution < -0.4 is 5.73 Å². The summed E-state index contributed by atoms with van der Waals surface area (Å²) in [6.45, 7) is 5.71. The van der Waals surface area contributed by atoms with Crippen molar-refractivity contribution in [3.05, 3.63) is 23.9 Å². The zero-order valence-corrected chi connectivity index (χ0v) is 10.2. The average Bonchev–Trinajstić information content (AvgIpc) is 2.18. The van der Waals surface area contributed by atoms with Crippen LogP contribution in [0.5, 0.6) is 0 Å². The molecule has 15 heavy (non-hydrogen) atoms. The monoisotopic (exact) mass is 226 g/mol. The highest BCUT2D eigenvalue weighted by atomic mass is 32.2. The maximum Gasteiger partial charge on any atom is 0.0966 e. The average molecular weight is 226 g/mol. The molecule has 0 aliphatic rings. The second-order valence-electron chi connectivity index (χ2n) is 3.78. The van der Waals surface area contributed by atoms with Crippen LogP contribution in [0.25, 0.3) is 0 Å². The van der Waals surface area contributed by atoms with Gasteiger partial charge in [-0.2, -0.15) is 0 Å². The number of nitrogens with two attached hydrogens (primary N) is 1. The van der Waals surface area contributed by atoms with Gasteiger partial charge in [-0.3, -0.25) is 0 Å². The first-order valence-electron chi connectivity index (χ1n) is 5.07. The highest BCUT2D eigenvalue weighted by Crippen LogP contribution is 2.24. The van der Waals surface area contributed by atoms with Gasteiger partial charge < -0.3 is 10.8 Å². The van der Waals surface area contributed by atoms with E-state index in [0.717, 1.165) is 10.6 Å². The molecule has 84 valence electrons. The summed E-state index contributed by atoms with van der Waals surface area (Å²) >= 11 is 1.57. The van der Waals surface area contributed by atoms with Gasteiger partial charge in [-0.15, -0.1) is 11.8 Å². The first-order valence-corrected chi connectivity index (χ1v) is 5.95. The van der Waals surface area contributed by atoms with E-state index in [4.69, 9.17) is 5.73 Å². The third-order valence-corrected chi connectivity index (χ3v) is 3.50. The molecule has 0 spiro atoms. The molecule has 3 atom stereocenters. The predicted molar refractivity (Wildman–Crippen MR) is 63.8 cm³/mol. The number of rotatable bonds is 4. The van der Waals surface area contributed by atoms with E-state index in [1.54, 1.807) is 24.9 Å². The van der Waals surface area contributed by atoms with Crippen molar-refractivity contribution in [2.75, 3.05) is 0 Å². The molecule has 0 saturated heterocycles. The van der Waals surface area contributed by atoms with Gasteiger partial charge in [0.1, 0.15) is 0 Å². The van der Waals surface area contributed by atoms with Crippen molar-refractivity contribution in [3.63, 3.8) is 0 Å². The van der Waals surface area contributed by atoms with Crippen molar-refractivity contribution in [1.29, 1.82) is 0 Å². The molecule has 3 N–H and O–H groups in total. The van der Waals surface area contributed by atoms with Crippen LogP contribution in [0, 0.1) is 0 Å². The summed E-state index contributed by atoms with van der Waals surface area (Å²) in [6, 6.07) is 3.92. The van der Waals surface area contributed by atoms with Gasteiger partial charge in [0.25, 0.3) is 0 Å². The molecule has 2 unspecified atom stereocenters. The van der Waals surface area contributed by atoms with Gasteiger partial charge >= 0.3 is 0 Å². The van der Waals surface area contributed by atoms with Gasteiger partial charge in [-0.05, 0) is 31.5 Å². The van der Waals surface area contributed by atoms with Gasteiger partial charge in [0.2, 0.25) is 0 Å². The number of aliphatic hydroxyl groups is 1. The number of thioether (sulfide) groups is 1. The molecule has 0 aliphatic heterocycles. The Morgan fingerprint density at radius 1 is 1.40 bits per heavy atom. The lowest BCUT2D eigenvalue weighted by Crippen LogP contribution is -2.15. The van der Waals surface area contributed by atoms with Crippen LogP contribution in [0.1, 0.15) is 32.4 Å². The van der Waals surface area contributed by atoms with Crippen LogP contribution in [0.15, 0.2) is 23.4 Å². The smallest absolute Gasteiger partial charge is 0.0966 e. The summed E-state index contributed by atoms with van der Waals surface area (Å²) in [5.41, 5.74) is 6.86. The lowest BCUT2D eigenvalue weighted by molar-refractivity contribution is 0.196. The molecule has 3 nitrogen and oxygen atoms in total. The molecule has 1 rings (SSSR count). The molecule has 0 aliphatic carbocycles. The van der Waals surface area contributed by atoms with E-state index in [9.17, 15) is 5.11 Å². The van der Waals surface area contributed by atoms with Crippen molar-refractivity contribution in [3.8, 4) is 0 Å². The summed E-state index contributed by atoms with van der Waals surface area (Å²) in [7, 11) is 0. The van der Waals surface area contributed by atoms with E-state index >= 15 is 0 Å². The van der Waals surface area contributed by atoms with Gasteiger partial charge in [-0.1, -0.05) is 6.92 Å². The molecule has 1 aromatic heterocycles. The minimum absolute atomic E-state index is 0.0224. The second kappa shape index (κ2) is 5.49. The van der Waals surface area contributed by atoms with E-state index in [2.05, 4.69) is 4.98 Å². The third-order valence-electron chi connectivity index (χ3n) is 2.27. The Kier molecular flexibility index (Phi) is 4.57. The van der Waals surface area contributed by atoms with Crippen molar-refractivity contribution >= 4 is 11.8 Å². The Morgan fingerprint density at radius 2 is 2.07 bits per heavy atom. The van der Waals surface area contributed by atoms with Crippen LogP contribution in [-0.4, -0.2) is 21.4 Å². The summed E-state index contributed by atoms with van der Waals surface area (Å²) in [5, 5.41) is 10.4. The lowest BCUT2D eigenvalue weighted by atomic mass is 10.1. The Morgan fingerprint density at radius 3 is 2.60 bits per heavy atom. The molecule has 0 bridgehead atoms. The quantitative estimate of drug-likeness (QED) is 0.771. The largest absolute Gasteiger partial charge is 0.392 e. The van der Waals surface area contributed by atoms with Gasteiger partial charge in [0.15, 0.2) is 0 Å². The maximum atomic E-state index is 9.39. The fraction of sp³-hybridized carbons (Fsp3) is 0.545. The highest BCUT2D eigenvalue weighted by Gasteiger charge is 2.11. The van der Waals surface area contributed by atoms with Crippen LogP contribution in [0.3, 0.4) is 0 Å². The molecule has 0 fully saturated rings. The Labute approximate surface area is 95.1 Å². The van der Waals surface area contributed by atoms with Crippen molar-refractivity contribution < 1.29 is 5.11 Å². The Hall–Kier alpha value is -0.580. The number of aromatic nitrogens is 1. The molecule has 0 amide bonds. The first-order chi connectivity index (χ1) is 7.00. The van der Waals surface area contributed by atoms with Crippen LogP contribution >= 0.6 is 11.8 Å². The van der Waals surface area contributed by atoms with Gasteiger partial charge in [0.05, 0.1) is 11.1 Å². The highest BCUT2D eigenvalue weighted by molar-refractivity contribution is 7.99. The molecule has 1 heterocycles. The zero-order chi connectivity index (χ0) is 11.4. The minimum atomic E-state index is -0.337. The molecule has 0 aromatic carbocycles. The number of nitrogens with zero attached hydrogens (tertiary/aromatic N) is 1. The number of pyridine rings is 1. The van der Waals surface area contributed by atoms with Gasteiger partial charge in [-0.25, -0.2) is 4.98 Å². The normalized spacial score (nSPS) is 17.1. The topological polar surface area (TPSA) is 59.1 Å². The lowest BCUT2D eigenvalue weighted by Gasteiger charge is -2.14. The molecular formula is C11H18N2OS. The maximum absolute atomic E-state index is 9.39. The summed E-state index contributed by atoms with van der Waals surface area (Å²) < 4.78 is 0. The number of aliphatic hydroxyl groups excluding tert-OH is 1. The summed E-state index contributed by atoms with van der Waals surface area (Å²) in [6.07, 6.45) is 1.42. The molecule has 0 saturated carbocycles. The molecule has 0 radical (unpaired) electrons. The fourth-order valence-corrected chi connectivity index (χ4v) is 1.97. The van der Waals surface area contributed by atoms with E-state index in [0.29, 0.717) is 0 Å². The standard InChI is InChI=1S/C11H18N2OS/c1-7(12)10-4-5-13-11(6-10)15-9(3)8(2)14/h4-9,14H,12H2,1-3H3/t7-,8?,9?/m0/s1. The molecule has 1 aromatic rings. The second-order valence-corrected chi connectivity index (χ2v) is 5.18. The summed E-state index contributed by atoms with van der Waals surface area (Å²) in [5.74, 6) is 0. The first kappa shape index (κ1) is 12.5. The van der Waals surface area contributed by atoms with E-state index in [-0.39, 0.29) is 17.4 Å². The van der Waals surface area contributed by atoms with E-state index in [1.807, 2.05) is 26.0 Å².